The Morgan fingerprint density at radius 1 is 1.14 bits per heavy atom. The smallest absolute Gasteiger partial charge is 0.325 e. The molecule has 8 nitrogen and oxygen atoms in total. The summed E-state index contributed by atoms with van der Waals surface area (Å²) in [5.74, 6) is 0.0472. The van der Waals surface area contributed by atoms with Gasteiger partial charge in [-0.15, -0.1) is 0 Å². The summed E-state index contributed by atoms with van der Waals surface area (Å²) >= 11 is 0. The summed E-state index contributed by atoms with van der Waals surface area (Å²) in [4.78, 5) is 43.4. The number of carbonyl (C=O) groups is 1. The van der Waals surface area contributed by atoms with E-state index in [1.165, 1.54) is 11.6 Å². The Bertz CT molecular complexity index is 1190. The van der Waals surface area contributed by atoms with Crippen molar-refractivity contribution in [2.45, 2.75) is 40.2 Å². The van der Waals surface area contributed by atoms with Crippen LogP contribution in [0.5, 0.6) is 0 Å². The molecule has 0 radical (unpaired) electrons. The highest BCUT2D eigenvalue weighted by Gasteiger charge is 2.17. The number of aryl methyl sites for hydroxylation is 4. The van der Waals surface area contributed by atoms with Gasteiger partial charge in [-0.1, -0.05) is 12.1 Å². The second-order valence-electron chi connectivity index (χ2n) is 7.35. The van der Waals surface area contributed by atoms with Gasteiger partial charge in [0, 0.05) is 39.3 Å². The third-order valence-electron chi connectivity index (χ3n) is 5.28. The molecule has 29 heavy (non-hydrogen) atoms. The predicted molar refractivity (Wildman–Crippen MR) is 113 cm³/mol. The van der Waals surface area contributed by atoms with E-state index in [-0.39, 0.29) is 11.5 Å². The summed E-state index contributed by atoms with van der Waals surface area (Å²) in [6, 6.07) is 6.09. The topological polar surface area (TPSA) is 82.1 Å². The Labute approximate surface area is 169 Å². The van der Waals surface area contributed by atoms with Gasteiger partial charge in [0.1, 0.15) is 0 Å². The Balaban J connectivity index is 1.77. The SMILES string of the molecule is CCN(C(=O)CCCn1cnc2c1c(=O)n(C)c(=O)n2C)c1cc(C)ccc1C. The average molecular weight is 397 g/mol. The van der Waals surface area contributed by atoms with E-state index in [4.69, 9.17) is 0 Å². The predicted octanol–water partition coefficient (Wildman–Crippen LogP) is 1.88. The lowest BCUT2D eigenvalue weighted by molar-refractivity contribution is -0.118. The van der Waals surface area contributed by atoms with Crippen LogP contribution in [0, 0.1) is 13.8 Å². The van der Waals surface area contributed by atoms with Crippen molar-refractivity contribution in [2.75, 3.05) is 11.4 Å². The molecule has 2 heterocycles. The highest BCUT2D eigenvalue weighted by molar-refractivity contribution is 5.94. The Hall–Kier alpha value is -3.16. The lowest BCUT2D eigenvalue weighted by Gasteiger charge is -2.23. The molecule has 154 valence electrons. The van der Waals surface area contributed by atoms with Crippen LogP contribution in [0.1, 0.15) is 30.9 Å². The maximum atomic E-state index is 12.8. The number of carbonyl (C=O) groups excluding carboxylic acids is 1. The first kappa shape index (κ1) is 20.6. The van der Waals surface area contributed by atoms with E-state index in [1.807, 2.05) is 39.0 Å². The van der Waals surface area contributed by atoms with Crippen LogP contribution < -0.4 is 16.1 Å². The summed E-state index contributed by atoms with van der Waals surface area (Å²) < 4.78 is 4.15. The fourth-order valence-electron chi connectivity index (χ4n) is 3.59. The third-order valence-corrected chi connectivity index (χ3v) is 5.28. The maximum Gasteiger partial charge on any atom is 0.332 e. The second-order valence-corrected chi connectivity index (χ2v) is 7.35. The zero-order valence-corrected chi connectivity index (χ0v) is 17.6. The lowest BCUT2D eigenvalue weighted by Crippen LogP contribution is -2.37. The summed E-state index contributed by atoms with van der Waals surface area (Å²) in [6.45, 7) is 7.05. The Kier molecular flexibility index (Phi) is 5.72. The lowest BCUT2D eigenvalue weighted by atomic mass is 10.1. The minimum absolute atomic E-state index is 0.0472. The van der Waals surface area contributed by atoms with Gasteiger partial charge in [0.05, 0.1) is 6.33 Å². The Morgan fingerprint density at radius 2 is 1.86 bits per heavy atom. The summed E-state index contributed by atoms with van der Waals surface area (Å²) in [6.07, 6.45) is 2.48. The molecule has 0 N–H and O–H groups in total. The molecule has 8 heteroatoms. The van der Waals surface area contributed by atoms with E-state index in [9.17, 15) is 14.4 Å². The molecule has 0 saturated heterocycles. The van der Waals surface area contributed by atoms with E-state index < -0.39 is 5.69 Å². The maximum absolute atomic E-state index is 12.8. The number of benzene rings is 1. The number of anilines is 1. The van der Waals surface area contributed by atoms with Crippen LogP contribution in [0.25, 0.3) is 11.2 Å². The minimum atomic E-state index is -0.407. The third kappa shape index (κ3) is 3.74. The number of hydrogen-bond acceptors (Lipinski definition) is 4. The number of amides is 1. The second kappa shape index (κ2) is 8.06. The van der Waals surface area contributed by atoms with Crippen LogP contribution in [0.4, 0.5) is 5.69 Å². The molecule has 0 saturated carbocycles. The summed E-state index contributed by atoms with van der Waals surface area (Å²) in [7, 11) is 3.04. The van der Waals surface area contributed by atoms with E-state index >= 15 is 0 Å². The van der Waals surface area contributed by atoms with Crippen LogP contribution in [0.2, 0.25) is 0 Å². The molecule has 1 aromatic carbocycles. The standard InChI is InChI=1S/C21H27N5O3/c1-6-26(16-12-14(2)9-10-15(16)3)17(27)8-7-11-25-13-22-19-18(25)20(28)24(5)21(29)23(19)4/h9-10,12-13H,6-8,11H2,1-5H3. The monoisotopic (exact) mass is 397 g/mol. The molecular formula is C21H27N5O3. The van der Waals surface area contributed by atoms with Crippen molar-refractivity contribution in [3.63, 3.8) is 0 Å². The molecule has 0 aliphatic heterocycles. The molecular weight excluding hydrogens is 370 g/mol. The number of fused-ring (bicyclic) bond motifs is 1. The zero-order valence-electron chi connectivity index (χ0n) is 17.6. The van der Waals surface area contributed by atoms with Crippen molar-refractivity contribution in [3.8, 4) is 0 Å². The van der Waals surface area contributed by atoms with Gasteiger partial charge in [0.25, 0.3) is 5.56 Å². The molecule has 3 aromatic rings. The van der Waals surface area contributed by atoms with Crippen LogP contribution in [0.3, 0.4) is 0 Å². The first-order valence-electron chi connectivity index (χ1n) is 9.74. The van der Waals surface area contributed by atoms with E-state index in [0.717, 1.165) is 21.4 Å². The molecule has 3 rings (SSSR count). The molecule has 1 amide bonds. The normalized spacial score (nSPS) is 11.2. The van der Waals surface area contributed by atoms with Crippen molar-refractivity contribution >= 4 is 22.8 Å². The first-order chi connectivity index (χ1) is 13.8. The van der Waals surface area contributed by atoms with E-state index in [1.54, 1.807) is 22.8 Å². The van der Waals surface area contributed by atoms with E-state index in [2.05, 4.69) is 4.98 Å². The van der Waals surface area contributed by atoms with Crippen molar-refractivity contribution in [2.24, 2.45) is 14.1 Å². The van der Waals surface area contributed by atoms with Crippen molar-refractivity contribution in [1.82, 2.24) is 18.7 Å². The molecule has 2 aromatic heterocycles. The largest absolute Gasteiger partial charge is 0.332 e. The highest BCUT2D eigenvalue weighted by Crippen LogP contribution is 2.22. The number of hydrogen-bond donors (Lipinski definition) is 0. The quantitative estimate of drug-likeness (QED) is 0.636. The van der Waals surface area contributed by atoms with Gasteiger partial charge in [0.2, 0.25) is 5.91 Å². The van der Waals surface area contributed by atoms with Crippen molar-refractivity contribution in [1.29, 1.82) is 0 Å². The van der Waals surface area contributed by atoms with Crippen LogP contribution in [0.15, 0.2) is 34.1 Å². The number of aromatic nitrogens is 4. The van der Waals surface area contributed by atoms with Crippen molar-refractivity contribution < 1.29 is 4.79 Å². The molecule has 0 unspecified atom stereocenters. The van der Waals surface area contributed by atoms with Gasteiger partial charge in [-0.2, -0.15) is 0 Å². The summed E-state index contributed by atoms with van der Waals surface area (Å²) in [5, 5.41) is 0. The zero-order chi connectivity index (χ0) is 21.3. The number of rotatable bonds is 6. The van der Waals surface area contributed by atoms with Gasteiger partial charge in [-0.3, -0.25) is 18.7 Å². The molecule has 0 bridgehead atoms. The van der Waals surface area contributed by atoms with E-state index in [0.29, 0.717) is 37.1 Å². The van der Waals surface area contributed by atoms with Gasteiger partial charge in [0.15, 0.2) is 11.2 Å². The molecule has 0 fully saturated rings. The highest BCUT2D eigenvalue weighted by atomic mass is 16.2. The molecule has 0 spiro atoms. The average Bonchev–Trinajstić information content (AvgIpc) is 3.12. The number of imidazole rings is 1. The molecule has 0 aliphatic rings. The summed E-state index contributed by atoms with van der Waals surface area (Å²) in [5.41, 5.74) is 3.07. The van der Waals surface area contributed by atoms with Gasteiger partial charge < -0.3 is 9.47 Å². The van der Waals surface area contributed by atoms with Crippen LogP contribution in [-0.2, 0) is 25.4 Å². The van der Waals surface area contributed by atoms with Crippen LogP contribution in [-0.4, -0.2) is 31.1 Å². The van der Waals surface area contributed by atoms with Gasteiger partial charge in [-0.05, 0) is 44.4 Å². The minimum Gasteiger partial charge on any atom is -0.325 e. The molecule has 0 aliphatic carbocycles. The fraction of sp³-hybridized carbons (Fsp3) is 0.429. The van der Waals surface area contributed by atoms with Crippen LogP contribution >= 0.6 is 0 Å². The number of nitrogens with zero attached hydrogens (tertiary/aromatic N) is 5. The fourth-order valence-corrected chi connectivity index (χ4v) is 3.59. The molecule has 0 atom stereocenters. The van der Waals surface area contributed by atoms with Gasteiger partial charge >= 0.3 is 5.69 Å². The first-order valence-corrected chi connectivity index (χ1v) is 9.74. The van der Waals surface area contributed by atoms with Crippen molar-refractivity contribution in [3.05, 3.63) is 56.5 Å². The van der Waals surface area contributed by atoms with Gasteiger partial charge in [-0.25, -0.2) is 9.78 Å². The Morgan fingerprint density at radius 3 is 2.55 bits per heavy atom.